The zero-order chi connectivity index (χ0) is 22.1. The van der Waals surface area contributed by atoms with Gasteiger partial charge in [-0.2, -0.15) is 0 Å². The van der Waals surface area contributed by atoms with E-state index < -0.39 is 5.60 Å². The molecule has 0 bridgehead atoms. The Morgan fingerprint density at radius 3 is 2.40 bits per heavy atom. The lowest BCUT2D eigenvalue weighted by Gasteiger charge is -2.35. The van der Waals surface area contributed by atoms with Crippen LogP contribution in [-0.4, -0.2) is 55.9 Å². The number of anilines is 1. The van der Waals surface area contributed by atoms with Crippen LogP contribution in [0, 0.1) is 17.7 Å². The molecule has 0 unspecified atom stereocenters. The maximum absolute atomic E-state index is 14.2. The largest absolute Gasteiger partial charge is 0.469 e. The van der Waals surface area contributed by atoms with E-state index in [1.165, 1.54) is 13.2 Å². The first-order valence-electron chi connectivity index (χ1n) is 10.7. The predicted molar refractivity (Wildman–Crippen MR) is 113 cm³/mol. The van der Waals surface area contributed by atoms with Crippen molar-refractivity contribution in [3.63, 3.8) is 0 Å². The van der Waals surface area contributed by atoms with Crippen LogP contribution in [-0.2, 0) is 14.3 Å². The minimum absolute atomic E-state index is 0.101. The third-order valence-corrected chi connectivity index (χ3v) is 6.03. The van der Waals surface area contributed by atoms with Gasteiger partial charge in [0.05, 0.1) is 13.0 Å². The molecule has 2 saturated heterocycles. The number of esters is 1. The standard InChI is InChI=1S/C23H33FN2O4/c1-15-13-26(22(28)30-23(2,3)4)14-19(15)18-7-6-17(24)12-20(18)25-10-8-16(9-11-25)21(27)29-5/h6-7,12,15-16,19H,8-11,13-14H2,1-5H3/t15-,19-/m0/s1. The summed E-state index contributed by atoms with van der Waals surface area (Å²) in [5, 5.41) is 0. The number of carbonyl (C=O) groups excluding carboxylic acids is 2. The van der Waals surface area contributed by atoms with Crippen LogP contribution in [0.25, 0.3) is 0 Å². The second-order valence-electron chi connectivity index (χ2n) is 9.46. The number of hydrogen-bond acceptors (Lipinski definition) is 5. The molecule has 1 amide bonds. The molecule has 2 atom stereocenters. The molecule has 0 saturated carbocycles. The zero-order valence-electron chi connectivity index (χ0n) is 18.6. The Morgan fingerprint density at radius 2 is 1.80 bits per heavy atom. The smallest absolute Gasteiger partial charge is 0.410 e. The van der Waals surface area contributed by atoms with E-state index in [4.69, 9.17) is 9.47 Å². The number of hydrogen-bond donors (Lipinski definition) is 0. The van der Waals surface area contributed by atoms with Crippen molar-refractivity contribution in [1.29, 1.82) is 0 Å². The highest BCUT2D eigenvalue weighted by molar-refractivity contribution is 5.73. The lowest BCUT2D eigenvalue weighted by molar-refractivity contribution is -0.146. The number of benzene rings is 1. The number of likely N-dealkylation sites (tertiary alicyclic amines) is 1. The first-order valence-corrected chi connectivity index (χ1v) is 10.7. The molecule has 0 aliphatic carbocycles. The van der Waals surface area contributed by atoms with E-state index >= 15 is 0 Å². The molecule has 2 heterocycles. The molecule has 30 heavy (non-hydrogen) atoms. The van der Waals surface area contributed by atoms with Crippen molar-refractivity contribution in [3.8, 4) is 0 Å². The van der Waals surface area contributed by atoms with E-state index in [1.807, 2.05) is 26.8 Å². The molecule has 0 radical (unpaired) electrons. The number of amides is 1. The molecule has 7 heteroatoms. The van der Waals surface area contributed by atoms with Gasteiger partial charge in [0.25, 0.3) is 0 Å². The number of ether oxygens (including phenoxy) is 2. The van der Waals surface area contributed by atoms with Gasteiger partial charge in [0.15, 0.2) is 0 Å². The fraction of sp³-hybridized carbons (Fsp3) is 0.652. The molecular weight excluding hydrogens is 387 g/mol. The topological polar surface area (TPSA) is 59.1 Å². The number of methoxy groups -OCH3 is 1. The average Bonchev–Trinajstić information content (AvgIpc) is 3.08. The third kappa shape index (κ3) is 5.05. The zero-order valence-corrected chi connectivity index (χ0v) is 18.6. The van der Waals surface area contributed by atoms with E-state index in [2.05, 4.69) is 11.8 Å². The fourth-order valence-electron chi connectivity index (χ4n) is 4.47. The molecule has 6 nitrogen and oxygen atoms in total. The normalized spacial score (nSPS) is 22.9. The van der Waals surface area contributed by atoms with Crippen LogP contribution < -0.4 is 4.90 Å². The van der Waals surface area contributed by atoms with E-state index in [-0.39, 0.29) is 35.6 Å². The van der Waals surface area contributed by atoms with E-state index in [1.54, 1.807) is 11.0 Å². The average molecular weight is 421 g/mol. The summed E-state index contributed by atoms with van der Waals surface area (Å²) in [6.45, 7) is 10.2. The van der Waals surface area contributed by atoms with E-state index in [0.29, 0.717) is 39.0 Å². The van der Waals surface area contributed by atoms with Gasteiger partial charge in [-0.1, -0.05) is 13.0 Å². The minimum atomic E-state index is -0.538. The first-order chi connectivity index (χ1) is 14.1. The van der Waals surface area contributed by atoms with Gasteiger partial charge in [-0.05, 0) is 57.2 Å². The van der Waals surface area contributed by atoms with Gasteiger partial charge in [0, 0.05) is 37.8 Å². The Labute approximate surface area is 178 Å². The van der Waals surface area contributed by atoms with Crippen LogP contribution in [0.3, 0.4) is 0 Å². The summed E-state index contributed by atoms with van der Waals surface area (Å²) in [6, 6.07) is 4.91. The molecule has 1 aromatic carbocycles. The van der Waals surface area contributed by atoms with Crippen LogP contribution in [0.2, 0.25) is 0 Å². The molecule has 2 fully saturated rings. The van der Waals surface area contributed by atoms with Gasteiger partial charge in [0.1, 0.15) is 11.4 Å². The van der Waals surface area contributed by atoms with Crippen LogP contribution >= 0.6 is 0 Å². The van der Waals surface area contributed by atoms with Crippen molar-refractivity contribution in [1.82, 2.24) is 4.90 Å². The van der Waals surface area contributed by atoms with Gasteiger partial charge >= 0.3 is 12.1 Å². The number of carbonyl (C=O) groups is 2. The molecule has 3 rings (SSSR count). The fourth-order valence-corrected chi connectivity index (χ4v) is 4.47. The number of nitrogens with zero attached hydrogens (tertiary/aromatic N) is 2. The Morgan fingerprint density at radius 1 is 1.13 bits per heavy atom. The van der Waals surface area contributed by atoms with Crippen molar-refractivity contribution >= 4 is 17.7 Å². The third-order valence-electron chi connectivity index (χ3n) is 6.03. The first kappa shape index (κ1) is 22.4. The van der Waals surface area contributed by atoms with Gasteiger partial charge in [-0.15, -0.1) is 0 Å². The van der Waals surface area contributed by atoms with Gasteiger partial charge in [0.2, 0.25) is 0 Å². The van der Waals surface area contributed by atoms with Crippen molar-refractivity contribution in [3.05, 3.63) is 29.6 Å². The van der Waals surface area contributed by atoms with Crippen LogP contribution in [0.1, 0.15) is 52.0 Å². The Kier molecular flexibility index (Phi) is 6.58. The minimum Gasteiger partial charge on any atom is -0.469 e. The molecule has 2 aliphatic heterocycles. The molecule has 1 aromatic rings. The highest BCUT2D eigenvalue weighted by Crippen LogP contribution is 2.39. The number of piperidine rings is 1. The number of rotatable bonds is 3. The molecule has 2 aliphatic rings. The summed E-state index contributed by atoms with van der Waals surface area (Å²) in [5.41, 5.74) is 1.37. The lowest BCUT2D eigenvalue weighted by atomic mass is 9.88. The van der Waals surface area contributed by atoms with Crippen LogP contribution in [0.15, 0.2) is 18.2 Å². The summed E-state index contributed by atoms with van der Waals surface area (Å²) in [5.74, 6) is -0.220. The highest BCUT2D eigenvalue weighted by atomic mass is 19.1. The summed E-state index contributed by atoms with van der Waals surface area (Å²) in [7, 11) is 1.41. The van der Waals surface area contributed by atoms with Crippen molar-refractivity contribution < 1.29 is 23.5 Å². The van der Waals surface area contributed by atoms with E-state index in [0.717, 1.165) is 11.3 Å². The second-order valence-corrected chi connectivity index (χ2v) is 9.46. The summed E-state index contributed by atoms with van der Waals surface area (Å²) in [4.78, 5) is 28.3. The summed E-state index contributed by atoms with van der Waals surface area (Å²) >= 11 is 0. The summed E-state index contributed by atoms with van der Waals surface area (Å²) < 4.78 is 24.6. The number of halogens is 1. The van der Waals surface area contributed by atoms with Crippen molar-refractivity contribution in [2.75, 3.05) is 38.2 Å². The van der Waals surface area contributed by atoms with E-state index in [9.17, 15) is 14.0 Å². The Balaban J connectivity index is 1.77. The Hall–Kier alpha value is -2.31. The highest BCUT2D eigenvalue weighted by Gasteiger charge is 2.37. The lowest BCUT2D eigenvalue weighted by Crippen LogP contribution is -2.37. The second kappa shape index (κ2) is 8.82. The summed E-state index contributed by atoms with van der Waals surface area (Å²) in [6.07, 6.45) is 1.07. The van der Waals surface area contributed by atoms with Crippen LogP contribution in [0.4, 0.5) is 14.9 Å². The maximum Gasteiger partial charge on any atom is 0.410 e. The van der Waals surface area contributed by atoms with Gasteiger partial charge in [-0.25, -0.2) is 9.18 Å². The Bertz CT molecular complexity index is 784. The quantitative estimate of drug-likeness (QED) is 0.687. The van der Waals surface area contributed by atoms with Crippen LogP contribution in [0.5, 0.6) is 0 Å². The SMILES string of the molecule is COC(=O)C1CCN(c2cc(F)ccc2[C@H]2CN(C(=O)OC(C)(C)C)C[C@@H]2C)CC1. The predicted octanol–water partition coefficient (Wildman–Crippen LogP) is 4.19. The molecule has 0 aromatic heterocycles. The monoisotopic (exact) mass is 420 g/mol. The van der Waals surface area contributed by atoms with Crippen molar-refractivity contribution in [2.45, 2.75) is 52.1 Å². The molecule has 166 valence electrons. The maximum atomic E-state index is 14.2. The van der Waals surface area contributed by atoms with Gasteiger partial charge < -0.3 is 19.3 Å². The van der Waals surface area contributed by atoms with Crippen molar-refractivity contribution in [2.24, 2.45) is 11.8 Å². The molecule has 0 spiro atoms. The van der Waals surface area contributed by atoms with Gasteiger partial charge in [-0.3, -0.25) is 4.79 Å². The molecular formula is C23H33FN2O4. The molecule has 0 N–H and O–H groups in total.